The van der Waals surface area contributed by atoms with E-state index in [0.29, 0.717) is 24.1 Å². The predicted molar refractivity (Wildman–Crippen MR) is 103 cm³/mol. The van der Waals surface area contributed by atoms with Crippen molar-refractivity contribution in [3.63, 3.8) is 0 Å². The molecule has 6 heteroatoms. The van der Waals surface area contributed by atoms with Crippen molar-refractivity contribution in [2.24, 2.45) is 0 Å². The zero-order chi connectivity index (χ0) is 19.7. The average Bonchev–Trinajstić information content (AvgIpc) is 2.69. The largest absolute Gasteiger partial charge is 0.325 e. The van der Waals surface area contributed by atoms with Gasteiger partial charge >= 0.3 is 0 Å². The molecule has 0 fully saturated rings. The normalized spacial score (nSPS) is 15.8. The van der Waals surface area contributed by atoms with Gasteiger partial charge in [-0.25, -0.2) is 4.39 Å². The van der Waals surface area contributed by atoms with E-state index in [9.17, 15) is 18.8 Å². The Balaban J connectivity index is 1.64. The van der Waals surface area contributed by atoms with Gasteiger partial charge in [0.1, 0.15) is 11.4 Å². The number of anilines is 1. The van der Waals surface area contributed by atoms with E-state index in [1.165, 1.54) is 24.3 Å². The zero-order valence-electron chi connectivity index (χ0n) is 14.9. The molecule has 0 spiro atoms. The number of rotatable bonds is 3. The second-order valence-electron chi connectivity index (χ2n) is 6.78. The third kappa shape index (κ3) is 3.36. The monoisotopic (exact) mass is 376 g/mol. The Labute approximate surface area is 160 Å². The Hall–Kier alpha value is -3.54. The van der Waals surface area contributed by atoms with E-state index in [2.05, 4.69) is 10.3 Å². The number of para-hydroxylation sites is 1. The smallest absolute Gasteiger partial charge is 0.261 e. The van der Waals surface area contributed by atoms with Gasteiger partial charge in [-0.1, -0.05) is 42.5 Å². The fourth-order valence-electron chi connectivity index (χ4n) is 3.51. The molecule has 0 radical (unpaired) electrons. The maximum absolute atomic E-state index is 13.8. The number of nitrogens with one attached hydrogen (secondary N) is 2. The Morgan fingerprint density at radius 2 is 1.71 bits per heavy atom. The first-order chi connectivity index (χ1) is 13.5. The van der Waals surface area contributed by atoms with Crippen LogP contribution >= 0.6 is 0 Å². The first-order valence-corrected chi connectivity index (χ1v) is 8.93. The predicted octanol–water partition coefficient (Wildman–Crippen LogP) is 3.68. The maximum Gasteiger partial charge on any atom is 0.261 e. The van der Waals surface area contributed by atoms with Gasteiger partial charge in [0.15, 0.2) is 5.78 Å². The van der Waals surface area contributed by atoms with Crippen LogP contribution in [-0.4, -0.2) is 16.7 Å². The molecule has 1 aliphatic rings. The van der Waals surface area contributed by atoms with Gasteiger partial charge < -0.3 is 10.3 Å². The van der Waals surface area contributed by atoms with Crippen LogP contribution in [0.25, 0.3) is 0 Å². The molecule has 1 atom stereocenters. The Bertz CT molecular complexity index is 1120. The van der Waals surface area contributed by atoms with Crippen LogP contribution in [0.1, 0.15) is 44.3 Å². The Morgan fingerprint density at radius 3 is 2.46 bits per heavy atom. The van der Waals surface area contributed by atoms with Crippen LogP contribution in [0.15, 0.2) is 65.5 Å². The number of H-pyrrole nitrogens is 1. The number of Topliss-reactive ketones (excluding diaryl/α,β-unsaturated/α-hetero) is 1. The van der Waals surface area contributed by atoms with E-state index in [-0.39, 0.29) is 23.0 Å². The van der Waals surface area contributed by atoms with E-state index >= 15 is 0 Å². The maximum atomic E-state index is 13.8. The van der Waals surface area contributed by atoms with E-state index in [1.54, 1.807) is 6.07 Å². The Morgan fingerprint density at radius 1 is 1.00 bits per heavy atom. The van der Waals surface area contributed by atoms with Crippen molar-refractivity contribution < 1.29 is 14.0 Å². The molecule has 140 valence electrons. The molecule has 1 aromatic heterocycles. The van der Waals surface area contributed by atoms with Crippen molar-refractivity contribution in [1.82, 2.24) is 4.98 Å². The molecule has 2 aromatic carbocycles. The molecule has 1 heterocycles. The van der Waals surface area contributed by atoms with Crippen LogP contribution in [0.2, 0.25) is 0 Å². The van der Waals surface area contributed by atoms with Crippen LogP contribution in [-0.2, 0) is 6.42 Å². The summed E-state index contributed by atoms with van der Waals surface area (Å²) in [5.41, 5.74) is 1.05. The topological polar surface area (TPSA) is 79.0 Å². The summed E-state index contributed by atoms with van der Waals surface area (Å²) in [4.78, 5) is 40.2. The van der Waals surface area contributed by atoms with Gasteiger partial charge in [0.05, 0.1) is 5.69 Å². The second kappa shape index (κ2) is 7.23. The van der Waals surface area contributed by atoms with Crippen LogP contribution in [0.3, 0.4) is 0 Å². The summed E-state index contributed by atoms with van der Waals surface area (Å²) < 4.78 is 13.8. The molecule has 0 aliphatic heterocycles. The van der Waals surface area contributed by atoms with Crippen molar-refractivity contribution in [2.45, 2.75) is 18.8 Å². The summed E-state index contributed by atoms with van der Waals surface area (Å²) in [5, 5.41) is 2.38. The van der Waals surface area contributed by atoms with E-state index < -0.39 is 17.3 Å². The number of hydrogen-bond donors (Lipinski definition) is 2. The molecule has 0 bridgehead atoms. The number of aromatic amines is 1. The molecule has 2 N–H and O–H groups in total. The summed E-state index contributed by atoms with van der Waals surface area (Å²) >= 11 is 0. The highest BCUT2D eigenvalue weighted by Gasteiger charge is 2.28. The number of carbonyl (C=O) groups excluding carboxylic acids is 2. The molecular weight excluding hydrogens is 359 g/mol. The lowest BCUT2D eigenvalue weighted by Crippen LogP contribution is -2.29. The number of ketones is 1. The highest BCUT2D eigenvalue weighted by Crippen LogP contribution is 2.31. The van der Waals surface area contributed by atoms with Gasteiger partial charge in [0.2, 0.25) is 0 Å². The lowest BCUT2D eigenvalue weighted by atomic mass is 9.81. The van der Waals surface area contributed by atoms with Crippen LogP contribution in [0.5, 0.6) is 0 Å². The minimum absolute atomic E-state index is 0.0186. The van der Waals surface area contributed by atoms with Crippen LogP contribution in [0.4, 0.5) is 10.1 Å². The van der Waals surface area contributed by atoms with Crippen molar-refractivity contribution in [3.8, 4) is 0 Å². The summed E-state index contributed by atoms with van der Waals surface area (Å²) in [7, 11) is 0. The highest BCUT2D eigenvalue weighted by molar-refractivity contribution is 6.06. The van der Waals surface area contributed by atoms with Crippen LogP contribution in [0, 0.1) is 5.82 Å². The molecular formula is C22H17FN2O3. The molecule has 5 nitrogen and oxygen atoms in total. The van der Waals surface area contributed by atoms with Gasteiger partial charge in [-0.3, -0.25) is 14.4 Å². The molecule has 4 rings (SSSR count). The van der Waals surface area contributed by atoms with Crippen molar-refractivity contribution in [1.29, 1.82) is 0 Å². The van der Waals surface area contributed by atoms with E-state index in [0.717, 1.165) is 5.56 Å². The fourth-order valence-corrected chi connectivity index (χ4v) is 3.51. The summed E-state index contributed by atoms with van der Waals surface area (Å²) in [6, 6.07) is 16.6. The third-order valence-corrected chi connectivity index (χ3v) is 4.94. The number of amides is 1. The quantitative estimate of drug-likeness (QED) is 0.732. The highest BCUT2D eigenvalue weighted by atomic mass is 19.1. The van der Waals surface area contributed by atoms with Crippen molar-refractivity contribution >= 4 is 17.4 Å². The summed E-state index contributed by atoms with van der Waals surface area (Å²) in [5.74, 6) is -1.51. The zero-order valence-corrected chi connectivity index (χ0v) is 14.9. The first kappa shape index (κ1) is 17.9. The van der Waals surface area contributed by atoms with Gasteiger partial charge in [-0.15, -0.1) is 0 Å². The third-order valence-electron chi connectivity index (χ3n) is 4.94. The molecule has 0 saturated carbocycles. The second-order valence-corrected chi connectivity index (χ2v) is 6.78. The number of benzene rings is 2. The van der Waals surface area contributed by atoms with Crippen LogP contribution < -0.4 is 10.9 Å². The number of pyridine rings is 1. The molecule has 1 amide bonds. The Kier molecular flexibility index (Phi) is 4.61. The lowest BCUT2D eigenvalue weighted by Gasteiger charge is -2.24. The average molecular weight is 376 g/mol. The number of aromatic nitrogens is 1. The van der Waals surface area contributed by atoms with Gasteiger partial charge in [-0.05, 0) is 36.1 Å². The first-order valence-electron chi connectivity index (χ1n) is 8.93. The molecule has 3 aromatic rings. The van der Waals surface area contributed by atoms with E-state index in [1.807, 2.05) is 30.3 Å². The van der Waals surface area contributed by atoms with Gasteiger partial charge in [0, 0.05) is 17.7 Å². The van der Waals surface area contributed by atoms with Crippen molar-refractivity contribution in [3.05, 3.63) is 99.2 Å². The summed E-state index contributed by atoms with van der Waals surface area (Å²) in [6.07, 6.45) is 0.812. The van der Waals surface area contributed by atoms with E-state index in [4.69, 9.17) is 0 Å². The molecule has 1 aliphatic carbocycles. The number of carbonyl (C=O) groups is 2. The number of hydrogen-bond acceptors (Lipinski definition) is 3. The minimum atomic E-state index is -0.757. The standard InChI is InChI=1S/C22H17FN2O3/c23-17-8-4-5-9-18(17)24-21(27)16-12-15-19(25-22(16)28)10-14(11-20(15)26)13-6-2-1-3-7-13/h1-9,12,14H,10-11H2,(H,24,27)(H,25,28)/t14-/m1/s1. The minimum Gasteiger partial charge on any atom is -0.325 e. The van der Waals surface area contributed by atoms with Gasteiger partial charge in [-0.2, -0.15) is 0 Å². The fraction of sp³-hybridized carbons (Fsp3) is 0.136. The lowest BCUT2D eigenvalue weighted by molar-refractivity contribution is 0.0963. The molecule has 0 unspecified atom stereocenters. The van der Waals surface area contributed by atoms with Gasteiger partial charge in [0.25, 0.3) is 11.5 Å². The van der Waals surface area contributed by atoms with Crippen molar-refractivity contribution in [2.75, 3.05) is 5.32 Å². The summed E-state index contributed by atoms with van der Waals surface area (Å²) in [6.45, 7) is 0. The number of fused-ring (bicyclic) bond motifs is 1. The number of halogens is 1. The SMILES string of the molecule is O=C1C[C@H](c2ccccc2)Cc2[nH]c(=O)c(C(=O)Nc3ccccc3F)cc21. The molecule has 28 heavy (non-hydrogen) atoms. The molecule has 0 saturated heterocycles.